The summed E-state index contributed by atoms with van der Waals surface area (Å²) in [6, 6.07) is 0. The molecule has 1 aliphatic heterocycles. The van der Waals surface area contributed by atoms with Gasteiger partial charge >= 0.3 is 46.5 Å². The number of hydrogen-bond donors (Lipinski definition) is 0. The molecule has 1 rings (SSSR count). The van der Waals surface area contributed by atoms with Crippen LogP contribution in [0.25, 0.3) is 0 Å². The van der Waals surface area contributed by atoms with E-state index in [0.717, 1.165) is 0 Å². The van der Waals surface area contributed by atoms with Crippen molar-refractivity contribution in [2.24, 2.45) is 0 Å². The van der Waals surface area contributed by atoms with E-state index in [2.05, 4.69) is 14.2 Å². The summed E-state index contributed by atoms with van der Waals surface area (Å²) in [6.45, 7) is 2.50. The third-order valence-electron chi connectivity index (χ3n) is 1.96. The quantitative estimate of drug-likeness (QED) is 0.323. The van der Waals surface area contributed by atoms with Gasteiger partial charge < -0.3 is 0 Å². The first-order valence-electron chi connectivity index (χ1n) is 3.21. The first-order chi connectivity index (χ1) is 3.21. The standard InChI is InChI=1S/C5H14BP/c1-7(6)4-2-3-5-7/h7H,2-6H2,1H3. The molecule has 42 valence electrons. The summed E-state index contributed by atoms with van der Waals surface area (Å²) >= 11 is 0. The second-order valence-electron chi connectivity index (χ2n) is 3.37. The van der Waals surface area contributed by atoms with E-state index in [0.29, 0.717) is 0 Å². The molecule has 1 heterocycles. The van der Waals surface area contributed by atoms with Crippen LogP contribution >= 0.6 is 7.14 Å². The van der Waals surface area contributed by atoms with Crippen molar-refractivity contribution in [1.82, 2.24) is 0 Å². The fourth-order valence-electron chi connectivity index (χ4n) is 1.33. The Bertz CT molecular complexity index is 62.5. The van der Waals surface area contributed by atoms with Crippen LogP contribution in [0.15, 0.2) is 0 Å². The molecule has 0 atom stereocenters. The summed E-state index contributed by atoms with van der Waals surface area (Å²) in [5.41, 5.74) is 0. The zero-order valence-corrected chi connectivity index (χ0v) is 6.33. The topological polar surface area (TPSA) is 0 Å². The van der Waals surface area contributed by atoms with Gasteiger partial charge in [-0.05, 0) is 0 Å². The molecule has 0 radical (unpaired) electrons. The summed E-state index contributed by atoms with van der Waals surface area (Å²) in [5.74, 6) is 0. The Balaban J connectivity index is 2.40. The van der Waals surface area contributed by atoms with Gasteiger partial charge in [-0.2, -0.15) is 0 Å². The first-order valence-corrected chi connectivity index (χ1v) is 6.62. The zero-order valence-electron chi connectivity index (χ0n) is 5.33. The maximum atomic E-state index is 2.50. The molecule has 0 nitrogen and oxygen atoms in total. The van der Waals surface area contributed by atoms with Gasteiger partial charge in [-0.15, -0.1) is 0 Å². The van der Waals surface area contributed by atoms with Crippen LogP contribution in [0.5, 0.6) is 0 Å². The van der Waals surface area contributed by atoms with E-state index >= 15 is 0 Å². The average Bonchev–Trinajstić information content (AvgIpc) is 1.84. The second kappa shape index (κ2) is 1.78. The van der Waals surface area contributed by atoms with Gasteiger partial charge in [0.15, 0.2) is 0 Å². The second-order valence-corrected chi connectivity index (χ2v) is 8.70. The Morgan fingerprint density at radius 3 is 1.86 bits per heavy atom. The van der Waals surface area contributed by atoms with Crippen molar-refractivity contribution in [3.8, 4) is 0 Å². The molecule has 0 bridgehead atoms. The summed E-state index contributed by atoms with van der Waals surface area (Å²) < 4.78 is 0. The molecule has 1 saturated heterocycles. The number of rotatable bonds is 0. The van der Waals surface area contributed by atoms with Gasteiger partial charge in [0.25, 0.3) is 0 Å². The Morgan fingerprint density at radius 1 is 1.29 bits per heavy atom. The molecule has 0 amide bonds. The van der Waals surface area contributed by atoms with E-state index < -0.39 is 7.14 Å². The molecular formula is C5H14BP. The third-order valence-corrected chi connectivity index (χ3v) is 5.37. The minimum atomic E-state index is -0.540. The van der Waals surface area contributed by atoms with E-state index in [1.54, 1.807) is 12.3 Å². The monoisotopic (exact) mass is 116 g/mol. The van der Waals surface area contributed by atoms with Crippen LogP contribution in [0, 0.1) is 0 Å². The Hall–Kier alpha value is 0.495. The van der Waals surface area contributed by atoms with Crippen molar-refractivity contribution in [1.29, 1.82) is 0 Å². The summed E-state index contributed by atoms with van der Waals surface area (Å²) in [4.78, 5) is 0. The summed E-state index contributed by atoms with van der Waals surface area (Å²) in [6.07, 6.45) is 6.23. The molecule has 0 unspecified atom stereocenters. The van der Waals surface area contributed by atoms with E-state index in [1.165, 1.54) is 12.8 Å². The van der Waals surface area contributed by atoms with E-state index in [9.17, 15) is 0 Å². The van der Waals surface area contributed by atoms with Gasteiger partial charge in [0.05, 0.1) is 0 Å². The van der Waals surface area contributed by atoms with Gasteiger partial charge in [0.1, 0.15) is 0 Å². The van der Waals surface area contributed by atoms with Crippen LogP contribution in [-0.2, 0) is 0 Å². The normalized spacial score (nSPS) is 32.7. The molecule has 0 aliphatic carbocycles. The van der Waals surface area contributed by atoms with Crippen molar-refractivity contribution in [3.63, 3.8) is 0 Å². The molecule has 0 saturated carbocycles. The van der Waals surface area contributed by atoms with Crippen LogP contribution in [0.4, 0.5) is 0 Å². The molecule has 0 aromatic heterocycles. The Labute approximate surface area is 47.4 Å². The minimum absolute atomic E-state index is 0.540. The molecule has 0 spiro atoms. The van der Waals surface area contributed by atoms with E-state index in [-0.39, 0.29) is 0 Å². The third kappa shape index (κ3) is 1.46. The van der Waals surface area contributed by atoms with Crippen molar-refractivity contribution in [3.05, 3.63) is 0 Å². The van der Waals surface area contributed by atoms with Gasteiger partial charge in [0.2, 0.25) is 0 Å². The number of hydrogen-bond acceptors (Lipinski definition) is 0. The first kappa shape index (κ1) is 5.63. The summed E-state index contributed by atoms with van der Waals surface area (Å²) in [5, 5.41) is 0. The summed E-state index contributed by atoms with van der Waals surface area (Å²) in [7, 11) is 1.96. The van der Waals surface area contributed by atoms with Crippen LogP contribution in [0.2, 0.25) is 0 Å². The van der Waals surface area contributed by atoms with Gasteiger partial charge in [-0.25, -0.2) is 0 Å². The Morgan fingerprint density at radius 2 is 1.71 bits per heavy atom. The van der Waals surface area contributed by atoms with Crippen LogP contribution < -0.4 is 0 Å². The average molecular weight is 116 g/mol. The molecule has 0 aromatic rings. The van der Waals surface area contributed by atoms with Gasteiger partial charge in [0, 0.05) is 0 Å². The molecule has 7 heavy (non-hydrogen) atoms. The molecule has 0 aromatic carbocycles. The van der Waals surface area contributed by atoms with Crippen molar-refractivity contribution < 1.29 is 0 Å². The van der Waals surface area contributed by atoms with E-state index in [1.807, 2.05) is 0 Å². The molecular weight excluding hydrogens is 102 g/mol. The van der Waals surface area contributed by atoms with Crippen molar-refractivity contribution in [2.75, 3.05) is 19.0 Å². The maximum absolute atomic E-state index is 2.50. The molecule has 1 fully saturated rings. The molecule has 2 heteroatoms. The van der Waals surface area contributed by atoms with E-state index in [4.69, 9.17) is 0 Å². The predicted octanol–water partition coefficient (Wildman–Crippen LogP) is 0.708. The zero-order chi connectivity index (χ0) is 5.33. The fraction of sp³-hybridized carbons (Fsp3) is 1.00. The molecule has 1 aliphatic rings. The van der Waals surface area contributed by atoms with Crippen LogP contribution in [0.3, 0.4) is 0 Å². The van der Waals surface area contributed by atoms with Crippen LogP contribution in [-0.4, -0.2) is 26.6 Å². The van der Waals surface area contributed by atoms with Gasteiger partial charge in [-0.1, -0.05) is 0 Å². The van der Waals surface area contributed by atoms with Crippen LogP contribution in [0.1, 0.15) is 12.8 Å². The van der Waals surface area contributed by atoms with Crippen molar-refractivity contribution in [2.45, 2.75) is 12.8 Å². The van der Waals surface area contributed by atoms with Crippen molar-refractivity contribution >= 4 is 14.7 Å². The van der Waals surface area contributed by atoms with Gasteiger partial charge in [-0.3, -0.25) is 0 Å². The SMILES string of the molecule is B[PH]1(C)CCCC1. The Kier molecular flexibility index (Phi) is 1.43. The molecule has 0 N–H and O–H groups in total. The fourth-order valence-corrected chi connectivity index (χ4v) is 4.00. The predicted molar refractivity (Wildman–Crippen MR) is 41.8 cm³/mol.